The minimum atomic E-state index is -0.419. The molecule has 8 N–H and O–H groups in total. The largest absolute Gasteiger partial charge is 0.491 e. The van der Waals surface area contributed by atoms with Crippen molar-refractivity contribution in [3.63, 3.8) is 0 Å². The van der Waals surface area contributed by atoms with Crippen LogP contribution in [-0.2, 0) is 11.4 Å². The molecule has 14 heteroatoms. The Labute approximate surface area is 282 Å². The number of nitrogens with zero attached hydrogens (tertiary/aromatic N) is 2. The van der Waals surface area contributed by atoms with Crippen LogP contribution < -0.4 is 56.7 Å². The number of amides is 1. The molecule has 0 radical (unpaired) electrons. The van der Waals surface area contributed by atoms with Crippen molar-refractivity contribution >= 4 is 34.4 Å². The molecule has 260 valence electrons. The molecule has 1 amide bonds. The first-order valence-corrected chi connectivity index (χ1v) is 16.5. The Morgan fingerprint density at radius 3 is 2.25 bits per heavy atom. The van der Waals surface area contributed by atoms with E-state index in [2.05, 4.69) is 73.2 Å². The lowest BCUT2D eigenvalue weighted by Gasteiger charge is -2.28. The van der Waals surface area contributed by atoms with Gasteiger partial charge in [0, 0.05) is 39.2 Å². The topological polar surface area (TPSA) is 164 Å². The Balaban J connectivity index is 1.44. The van der Waals surface area contributed by atoms with Crippen LogP contribution in [-0.4, -0.2) is 83.4 Å². The number of hydrogen-bond acceptors (Lipinski definition) is 13. The molecule has 0 spiro atoms. The van der Waals surface area contributed by atoms with E-state index in [4.69, 9.17) is 9.47 Å². The van der Waals surface area contributed by atoms with Gasteiger partial charge in [-0.15, -0.1) is 0 Å². The van der Waals surface area contributed by atoms with E-state index in [-0.39, 0.29) is 37.0 Å². The van der Waals surface area contributed by atoms with E-state index in [1.54, 1.807) is 20.2 Å². The second-order valence-corrected chi connectivity index (χ2v) is 12.0. The lowest BCUT2D eigenvalue weighted by Crippen LogP contribution is -2.50. The van der Waals surface area contributed by atoms with Gasteiger partial charge in [-0.1, -0.05) is 38.5 Å². The van der Waals surface area contributed by atoms with Gasteiger partial charge in [0.15, 0.2) is 18.4 Å². The van der Waals surface area contributed by atoms with Gasteiger partial charge in [-0.2, -0.15) is 0 Å². The zero-order chi connectivity index (χ0) is 34.2. The van der Waals surface area contributed by atoms with Gasteiger partial charge < -0.3 is 45.8 Å². The minimum Gasteiger partial charge on any atom is -0.491 e. The average molecular weight is 664 g/mol. The fourth-order valence-corrected chi connectivity index (χ4v) is 5.99. The van der Waals surface area contributed by atoms with Crippen LogP contribution in [0.2, 0.25) is 0 Å². The highest BCUT2D eigenvalue weighted by molar-refractivity contribution is 5.98. The van der Waals surface area contributed by atoms with Crippen LogP contribution in [0.4, 0.5) is 22.7 Å². The monoisotopic (exact) mass is 663 g/mol. The van der Waals surface area contributed by atoms with Crippen LogP contribution in [0.15, 0.2) is 48.2 Å². The molecule has 3 unspecified atom stereocenters. The first-order valence-electron chi connectivity index (χ1n) is 16.5. The fraction of sp³-hybridized carbons (Fsp3) is 0.471. The first kappa shape index (κ1) is 34.8. The number of anilines is 4. The number of aliphatic hydroxyl groups is 1. The molecule has 48 heavy (non-hydrogen) atoms. The van der Waals surface area contributed by atoms with E-state index in [1.165, 1.54) is 0 Å². The maximum Gasteiger partial charge on any atom is 0.251 e. The van der Waals surface area contributed by atoms with Crippen molar-refractivity contribution in [3.8, 4) is 11.5 Å². The highest BCUT2D eigenvalue weighted by atomic mass is 16.5. The van der Waals surface area contributed by atoms with Crippen LogP contribution in [0.3, 0.4) is 0 Å². The molecule has 3 heterocycles. The summed E-state index contributed by atoms with van der Waals surface area (Å²) < 4.78 is 12.6. The Morgan fingerprint density at radius 1 is 0.979 bits per heavy atom. The molecule has 2 aromatic carbocycles. The van der Waals surface area contributed by atoms with Crippen molar-refractivity contribution < 1.29 is 24.2 Å². The van der Waals surface area contributed by atoms with Gasteiger partial charge in [0.2, 0.25) is 0 Å². The van der Waals surface area contributed by atoms with Gasteiger partial charge in [-0.25, -0.2) is 5.43 Å². The highest BCUT2D eigenvalue weighted by Gasteiger charge is 2.34. The van der Waals surface area contributed by atoms with E-state index >= 15 is 0 Å². The predicted octanol–water partition coefficient (Wildman–Crippen LogP) is 2.02. The first-order chi connectivity index (χ1) is 23.3. The Morgan fingerprint density at radius 2 is 1.62 bits per heavy atom. The summed E-state index contributed by atoms with van der Waals surface area (Å²) in [4.78, 5) is 30.2. The molecule has 0 aromatic heterocycles. The summed E-state index contributed by atoms with van der Waals surface area (Å²) in [6.45, 7) is 5.88. The quantitative estimate of drug-likeness (QED) is 0.100. The van der Waals surface area contributed by atoms with E-state index in [9.17, 15) is 14.7 Å². The van der Waals surface area contributed by atoms with E-state index in [1.807, 2.05) is 31.3 Å². The smallest absolute Gasteiger partial charge is 0.251 e. The van der Waals surface area contributed by atoms with Crippen LogP contribution >= 0.6 is 0 Å². The number of hydrogen-bond donors (Lipinski definition) is 8. The van der Waals surface area contributed by atoms with Crippen LogP contribution in [0, 0.1) is 5.92 Å². The molecule has 3 aliphatic rings. The molecule has 0 saturated heterocycles. The van der Waals surface area contributed by atoms with Crippen molar-refractivity contribution in [2.45, 2.75) is 45.9 Å². The predicted molar refractivity (Wildman–Crippen MR) is 188 cm³/mol. The number of carbonyl (C=O) groups is 2. The lowest BCUT2D eigenvalue weighted by atomic mass is 10.1. The molecule has 3 atom stereocenters. The number of carbonyl (C=O) groups excluding carboxylic acids is 2. The molecule has 0 aliphatic carbocycles. The van der Waals surface area contributed by atoms with Crippen molar-refractivity contribution in [1.29, 1.82) is 0 Å². The van der Waals surface area contributed by atoms with Crippen LogP contribution in [0.5, 0.6) is 11.5 Å². The normalized spacial score (nSPS) is 20.1. The number of aliphatic hydroxyl groups excluding tert-OH is 1. The second kappa shape index (κ2) is 16.1. The van der Waals surface area contributed by atoms with Crippen molar-refractivity contribution in [2.75, 3.05) is 74.4 Å². The lowest BCUT2D eigenvalue weighted by molar-refractivity contribution is -0.115. The fourth-order valence-electron chi connectivity index (χ4n) is 5.99. The molecule has 0 bridgehead atoms. The molecular weight excluding hydrogens is 614 g/mol. The van der Waals surface area contributed by atoms with Crippen molar-refractivity contribution in [3.05, 3.63) is 59.3 Å². The van der Waals surface area contributed by atoms with Gasteiger partial charge >= 0.3 is 0 Å². The molecule has 14 nitrogen and oxygen atoms in total. The number of ether oxygens (including phenoxy) is 2. The summed E-state index contributed by atoms with van der Waals surface area (Å²) in [6.07, 6.45) is 6.98. The van der Waals surface area contributed by atoms with Gasteiger partial charge in [-0.05, 0) is 42.8 Å². The third kappa shape index (κ3) is 7.62. The summed E-state index contributed by atoms with van der Waals surface area (Å²) in [6, 6.07) is 7.38. The Kier molecular flexibility index (Phi) is 11.7. The number of hydrazine groups is 1. The highest BCUT2D eigenvalue weighted by Crippen LogP contribution is 2.45. The zero-order valence-corrected chi connectivity index (χ0v) is 28.4. The maximum absolute atomic E-state index is 13.3. The molecule has 5 rings (SSSR count). The number of Topliss-reactive ketones (excluding diaryl/α,β-unsaturated/α-hetero) is 1. The molecule has 0 fully saturated rings. The third-order valence-electron chi connectivity index (χ3n) is 8.62. The molecule has 3 aliphatic heterocycles. The number of benzene rings is 2. The van der Waals surface area contributed by atoms with Crippen LogP contribution in [0.1, 0.15) is 42.6 Å². The number of allylic oxidation sites excluding steroid dienone is 1. The van der Waals surface area contributed by atoms with Gasteiger partial charge in [0.1, 0.15) is 22.9 Å². The summed E-state index contributed by atoms with van der Waals surface area (Å²) >= 11 is 0. The summed E-state index contributed by atoms with van der Waals surface area (Å²) in [5.74, 6) is 1.22. The van der Waals surface area contributed by atoms with E-state index in [0.717, 1.165) is 29.2 Å². The van der Waals surface area contributed by atoms with Crippen LogP contribution in [0.25, 0.3) is 0 Å². The summed E-state index contributed by atoms with van der Waals surface area (Å²) in [5.41, 5.74) is 10.9. The maximum atomic E-state index is 13.3. The average Bonchev–Trinajstić information content (AvgIpc) is 3.64. The van der Waals surface area contributed by atoms with Crippen molar-refractivity contribution in [1.82, 2.24) is 26.8 Å². The number of nitrogens with one attached hydrogen (secondary N) is 7. The third-order valence-corrected chi connectivity index (χ3v) is 8.62. The Bertz CT molecular complexity index is 1530. The summed E-state index contributed by atoms with van der Waals surface area (Å²) in [7, 11) is 5.22. The SMILES string of the molecule is CCC(C)/C=C(\NNC)C(=O)CNC1Nc2cc(CO)cc3c2N1C/C=C\CN1c2c(cc(C(=O)NC)cc2OCCCO3)NC1NC. The second-order valence-electron chi connectivity index (χ2n) is 12.0. The molecular formula is C34H49N9O5. The molecule has 2 aromatic rings. The van der Waals surface area contributed by atoms with Gasteiger partial charge in [0.25, 0.3) is 5.91 Å². The van der Waals surface area contributed by atoms with E-state index in [0.29, 0.717) is 61.0 Å². The summed E-state index contributed by atoms with van der Waals surface area (Å²) in [5, 5.41) is 26.4. The Hall–Kier alpha value is -4.50. The van der Waals surface area contributed by atoms with Gasteiger partial charge in [-0.3, -0.25) is 20.2 Å². The minimum absolute atomic E-state index is 0.0718. The number of rotatable bonds is 11. The van der Waals surface area contributed by atoms with E-state index < -0.39 is 6.29 Å². The zero-order valence-electron chi connectivity index (χ0n) is 28.4. The molecule has 0 saturated carbocycles. The standard InChI is InChI=1S/C34H49N9O5/c1-6-21(2)14-24(41-37-5)27(45)19-38-34-40-25-15-22(20-44)16-28-30(25)43(34)11-8-7-10-42-31-26(39-33(42)36-4)17-23(32(46)35-3)18-29(31)48-13-9-12-47-28/h7-8,14-18,21,33-34,36-41,44H,6,9-13,19-20H2,1-5H3,(H,35,46)/b8-7-,24-14-. The van der Waals surface area contributed by atoms with Gasteiger partial charge in [0.05, 0.1) is 43.4 Å². The van der Waals surface area contributed by atoms with Crippen molar-refractivity contribution in [2.24, 2.45) is 5.92 Å². The number of ketones is 1.